The average Bonchev–Trinajstić information content (AvgIpc) is 2.69. The highest BCUT2D eigenvalue weighted by Crippen LogP contribution is 2.11. The number of hydrogen-bond donors (Lipinski definition) is 2. The molecule has 2 amide bonds. The number of aliphatic carboxylic acids is 1. The van der Waals surface area contributed by atoms with Gasteiger partial charge < -0.3 is 15.3 Å². The van der Waals surface area contributed by atoms with Gasteiger partial charge in [0.1, 0.15) is 6.04 Å². The summed E-state index contributed by atoms with van der Waals surface area (Å²) in [5.41, 5.74) is 0. The summed E-state index contributed by atoms with van der Waals surface area (Å²) in [5.74, 6) is -1.26. The second-order valence-electron chi connectivity index (χ2n) is 7.96. The number of nitrogens with zero attached hydrogens (tertiary/aromatic N) is 1. The van der Waals surface area contributed by atoms with Crippen LogP contribution in [0.4, 0.5) is 0 Å². The van der Waals surface area contributed by atoms with Crippen molar-refractivity contribution in [1.82, 2.24) is 10.2 Å². The standard InChI is InChI=1S/C23H44N2O4/c1-4-7-8-9-10-11-12-13-14-15-21(26)24-20(16-17-22(27)28)23(29)25(18-5-2)19-6-3/h20H,4-19H2,1-3H3,(H,24,26)(H,27,28)/t20-/m0/s1. The van der Waals surface area contributed by atoms with Gasteiger partial charge in [0.15, 0.2) is 0 Å². The molecule has 0 saturated heterocycles. The van der Waals surface area contributed by atoms with E-state index in [4.69, 9.17) is 5.11 Å². The minimum atomic E-state index is -0.950. The van der Waals surface area contributed by atoms with Crippen molar-refractivity contribution in [2.75, 3.05) is 13.1 Å². The maximum Gasteiger partial charge on any atom is 0.303 e. The predicted molar refractivity (Wildman–Crippen MR) is 118 cm³/mol. The van der Waals surface area contributed by atoms with Crippen molar-refractivity contribution >= 4 is 17.8 Å². The molecular formula is C23H44N2O4. The second-order valence-corrected chi connectivity index (χ2v) is 7.96. The van der Waals surface area contributed by atoms with Gasteiger partial charge in [-0.1, -0.05) is 72.1 Å². The predicted octanol–water partition coefficient (Wildman–Crippen LogP) is 4.91. The third-order valence-electron chi connectivity index (χ3n) is 5.09. The topological polar surface area (TPSA) is 86.7 Å². The molecule has 0 saturated carbocycles. The summed E-state index contributed by atoms with van der Waals surface area (Å²) in [6.45, 7) is 7.49. The van der Waals surface area contributed by atoms with Gasteiger partial charge >= 0.3 is 5.97 Å². The van der Waals surface area contributed by atoms with Crippen LogP contribution in [0.15, 0.2) is 0 Å². The molecule has 0 heterocycles. The van der Waals surface area contributed by atoms with Crippen LogP contribution in [-0.4, -0.2) is 46.9 Å². The van der Waals surface area contributed by atoms with E-state index in [2.05, 4.69) is 12.2 Å². The van der Waals surface area contributed by atoms with Crippen LogP contribution in [0.2, 0.25) is 0 Å². The van der Waals surface area contributed by atoms with Crippen molar-refractivity contribution in [2.24, 2.45) is 0 Å². The molecule has 0 spiro atoms. The van der Waals surface area contributed by atoms with Crippen LogP contribution in [0.5, 0.6) is 0 Å². The first kappa shape index (κ1) is 27.4. The molecule has 0 aromatic heterocycles. The van der Waals surface area contributed by atoms with Gasteiger partial charge in [-0.15, -0.1) is 0 Å². The molecule has 1 atom stereocenters. The molecule has 6 heteroatoms. The zero-order chi connectivity index (χ0) is 21.9. The zero-order valence-electron chi connectivity index (χ0n) is 19.0. The normalized spacial score (nSPS) is 11.8. The van der Waals surface area contributed by atoms with Crippen LogP contribution >= 0.6 is 0 Å². The van der Waals surface area contributed by atoms with Gasteiger partial charge in [0.05, 0.1) is 0 Å². The van der Waals surface area contributed by atoms with E-state index in [1.54, 1.807) is 4.90 Å². The van der Waals surface area contributed by atoms with E-state index >= 15 is 0 Å². The summed E-state index contributed by atoms with van der Waals surface area (Å²) < 4.78 is 0. The number of carboxylic acids is 1. The Morgan fingerprint density at radius 1 is 0.759 bits per heavy atom. The van der Waals surface area contributed by atoms with Gasteiger partial charge in [-0.2, -0.15) is 0 Å². The Morgan fingerprint density at radius 2 is 1.28 bits per heavy atom. The summed E-state index contributed by atoms with van der Waals surface area (Å²) in [6.07, 6.45) is 12.7. The molecule has 0 aliphatic rings. The van der Waals surface area contributed by atoms with Crippen LogP contribution in [0.3, 0.4) is 0 Å². The molecule has 0 aromatic carbocycles. The van der Waals surface area contributed by atoms with Crippen LogP contribution in [0, 0.1) is 0 Å². The molecule has 0 aliphatic heterocycles. The van der Waals surface area contributed by atoms with Crippen LogP contribution in [0.1, 0.15) is 111 Å². The largest absolute Gasteiger partial charge is 0.481 e. The lowest BCUT2D eigenvalue weighted by Crippen LogP contribution is -2.49. The molecular weight excluding hydrogens is 368 g/mol. The Bertz CT molecular complexity index is 448. The quantitative estimate of drug-likeness (QED) is 0.295. The van der Waals surface area contributed by atoms with Crippen LogP contribution in [-0.2, 0) is 14.4 Å². The van der Waals surface area contributed by atoms with E-state index in [0.717, 1.165) is 32.1 Å². The number of carbonyl (C=O) groups is 3. The van der Waals surface area contributed by atoms with E-state index < -0.39 is 12.0 Å². The molecule has 0 unspecified atom stereocenters. The first-order valence-electron chi connectivity index (χ1n) is 11.8. The van der Waals surface area contributed by atoms with E-state index in [9.17, 15) is 14.4 Å². The summed E-state index contributed by atoms with van der Waals surface area (Å²) in [5, 5.41) is 11.8. The Hall–Kier alpha value is -1.59. The lowest BCUT2D eigenvalue weighted by molar-refractivity contribution is -0.139. The monoisotopic (exact) mass is 412 g/mol. The number of nitrogens with one attached hydrogen (secondary N) is 1. The number of unbranched alkanes of at least 4 members (excludes halogenated alkanes) is 8. The summed E-state index contributed by atoms with van der Waals surface area (Å²) in [6, 6.07) is -0.740. The van der Waals surface area contributed by atoms with Crippen molar-refractivity contribution in [1.29, 1.82) is 0 Å². The lowest BCUT2D eigenvalue weighted by atomic mass is 10.1. The van der Waals surface area contributed by atoms with Gasteiger partial charge in [-0.3, -0.25) is 14.4 Å². The fourth-order valence-electron chi connectivity index (χ4n) is 3.48. The van der Waals surface area contributed by atoms with Crippen molar-refractivity contribution in [3.8, 4) is 0 Å². The number of amides is 2. The van der Waals surface area contributed by atoms with Gasteiger partial charge in [0.25, 0.3) is 0 Å². The maximum absolute atomic E-state index is 12.8. The van der Waals surface area contributed by atoms with Gasteiger partial charge in [-0.05, 0) is 25.7 Å². The molecule has 0 bridgehead atoms. The SMILES string of the molecule is CCCCCCCCCCCC(=O)N[C@@H](CCC(=O)O)C(=O)N(CCC)CCC. The molecule has 0 aromatic rings. The van der Waals surface area contributed by atoms with E-state index in [0.29, 0.717) is 19.5 Å². The number of carboxylic acid groups (broad SMARTS) is 1. The molecule has 29 heavy (non-hydrogen) atoms. The third kappa shape index (κ3) is 15.0. The fourth-order valence-corrected chi connectivity index (χ4v) is 3.48. The molecule has 170 valence electrons. The van der Waals surface area contributed by atoms with Crippen molar-refractivity contribution in [2.45, 2.75) is 117 Å². The van der Waals surface area contributed by atoms with E-state index in [1.165, 1.54) is 38.5 Å². The Labute approximate surface area is 177 Å². The first-order chi connectivity index (χ1) is 14.0. The van der Waals surface area contributed by atoms with Gasteiger partial charge in [0.2, 0.25) is 11.8 Å². The molecule has 0 aliphatic carbocycles. The minimum Gasteiger partial charge on any atom is -0.481 e. The molecule has 0 rings (SSSR count). The fraction of sp³-hybridized carbons (Fsp3) is 0.870. The Balaban J connectivity index is 4.35. The summed E-state index contributed by atoms with van der Waals surface area (Å²) in [7, 11) is 0. The number of carbonyl (C=O) groups excluding carboxylic acids is 2. The number of rotatable bonds is 19. The van der Waals surface area contributed by atoms with Gasteiger partial charge in [0, 0.05) is 25.9 Å². The zero-order valence-corrected chi connectivity index (χ0v) is 19.0. The highest BCUT2D eigenvalue weighted by Gasteiger charge is 2.25. The van der Waals surface area contributed by atoms with E-state index in [-0.39, 0.29) is 24.7 Å². The summed E-state index contributed by atoms with van der Waals surface area (Å²) >= 11 is 0. The van der Waals surface area contributed by atoms with E-state index in [1.807, 2.05) is 13.8 Å². The van der Waals surface area contributed by atoms with Crippen molar-refractivity contribution in [3.05, 3.63) is 0 Å². The lowest BCUT2D eigenvalue weighted by Gasteiger charge is -2.27. The second kappa shape index (κ2) is 18.4. The maximum atomic E-state index is 12.8. The highest BCUT2D eigenvalue weighted by molar-refractivity contribution is 5.88. The van der Waals surface area contributed by atoms with Crippen LogP contribution < -0.4 is 5.32 Å². The number of hydrogen-bond acceptors (Lipinski definition) is 3. The van der Waals surface area contributed by atoms with Crippen molar-refractivity contribution in [3.63, 3.8) is 0 Å². The van der Waals surface area contributed by atoms with Crippen molar-refractivity contribution < 1.29 is 19.5 Å². The Kier molecular flexibility index (Phi) is 17.4. The molecule has 0 radical (unpaired) electrons. The summed E-state index contributed by atoms with van der Waals surface area (Å²) in [4.78, 5) is 37.8. The molecule has 0 fully saturated rings. The smallest absolute Gasteiger partial charge is 0.303 e. The molecule has 6 nitrogen and oxygen atoms in total. The Morgan fingerprint density at radius 3 is 1.76 bits per heavy atom. The first-order valence-corrected chi connectivity index (χ1v) is 11.8. The van der Waals surface area contributed by atoms with Gasteiger partial charge in [-0.25, -0.2) is 0 Å². The average molecular weight is 413 g/mol. The molecule has 2 N–H and O–H groups in total. The third-order valence-corrected chi connectivity index (χ3v) is 5.09. The van der Waals surface area contributed by atoms with Crippen LogP contribution in [0.25, 0.3) is 0 Å². The minimum absolute atomic E-state index is 0.124. The highest BCUT2D eigenvalue weighted by atomic mass is 16.4.